The maximum Gasteiger partial charge on any atom is 0.232 e. The molecule has 0 saturated heterocycles. The molecular formula is C26H23N3O3. The summed E-state index contributed by atoms with van der Waals surface area (Å²) in [4.78, 5) is 20.1. The van der Waals surface area contributed by atoms with Gasteiger partial charge in [-0.15, -0.1) is 0 Å². The SMILES string of the molecule is CCC(=O)Cc1ccc(Oc2ncnc(N)c2-c2ccc(Oc3ccccc3)cc2)cc1. The summed E-state index contributed by atoms with van der Waals surface area (Å²) in [5.41, 5.74) is 8.52. The zero-order valence-corrected chi connectivity index (χ0v) is 17.7. The number of carbonyl (C=O) groups is 1. The van der Waals surface area contributed by atoms with Crippen molar-refractivity contribution >= 4 is 11.6 Å². The van der Waals surface area contributed by atoms with Crippen molar-refractivity contribution in [1.82, 2.24) is 9.97 Å². The molecule has 0 spiro atoms. The zero-order valence-electron chi connectivity index (χ0n) is 17.7. The van der Waals surface area contributed by atoms with Gasteiger partial charge in [0.05, 0.1) is 5.56 Å². The van der Waals surface area contributed by atoms with E-state index in [9.17, 15) is 4.79 Å². The van der Waals surface area contributed by atoms with Crippen molar-refractivity contribution in [2.24, 2.45) is 0 Å². The van der Waals surface area contributed by atoms with Gasteiger partial charge in [0.25, 0.3) is 0 Å². The lowest BCUT2D eigenvalue weighted by atomic mass is 10.1. The van der Waals surface area contributed by atoms with Crippen molar-refractivity contribution < 1.29 is 14.3 Å². The Morgan fingerprint density at radius 3 is 2.12 bits per heavy atom. The molecule has 1 heterocycles. The average Bonchev–Trinajstić information content (AvgIpc) is 2.82. The first-order chi connectivity index (χ1) is 15.6. The number of hydrogen-bond donors (Lipinski definition) is 1. The number of benzene rings is 3. The highest BCUT2D eigenvalue weighted by Crippen LogP contribution is 2.36. The number of nitrogens with zero attached hydrogens (tertiary/aromatic N) is 2. The quantitative estimate of drug-likeness (QED) is 0.382. The van der Waals surface area contributed by atoms with Gasteiger partial charge in [-0.3, -0.25) is 4.79 Å². The van der Waals surface area contributed by atoms with Crippen molar-refractivity contribution in [2.45, 2.75) is 19.8 Å². The van der Waals surface area contributed by atoms with Gasteiger partial charge in [-0.25, -0.2) is 9.97 Å². The van der Waals surface area contributed by atoms with Gasteiger partial charge >= 0.3 is 0 Å². The third kappa shape index (κ3) is 5.10. The Bertz CT molecular complexity index is 1190. The summed E-state index contributed by atoms with van der Waals surface area (Å²) in [6.45, 7) is 1.86. The van der Waals surface area contributed by atoms with Crippen LogP contribution < -0.4 is 15.2 Å². The summed E-state index contributed by atoms with van der Waals surface area (Å²) in [5.74, 6) is 2.93. The smallest absolute Gasteiger partial charge is 0.232 e. The van der Waals surface area contributed by atoms with E-state index >= 15 is 0 Å². The molecule has 32 heavy (non-hydrogen) atoms. The number of aromatic nitrogens is 2. The van der Waals surface area contributed by atoms with E-state index in [0.29, 0.717) is 41.6 Å². The van der Waals surface area contributed by atoms with E-state index in [2.05, 4.69) is 9.97 Å². The normalized spacial score (nSPS) is 10.5. The molecule has 0 bridgehead atoms. The van der Waals surface area contributed by atoms with Crippen molar-refractivity contribution in [2.75, 3.05) is 5.73 Å². The fourth-order valence-corrected chi connectivity index (χ4v) is 3.18. The Balaban J connectivity index is 1.55. The number of hydrogen-bond acceptors (Lipinski definition) is 6. The monoisotopic (exact) mass is 425 g/mol. The summed E-state index contributed by atoms with van der Waals surface area (Å²) >= 11 is 0. The van der Waals surface area contributed by atoms with Crippen LogP contribution in [0.4, 0.5) is 5.82 Å². The van der Waals surface area contributed by atoms with Gasteiger partial charge in [-0.2, -0.15) is 0 Å². The van der Waals surface area contributed by atoms with E-state index in [1.165, 1.54) is 6.33 Å². The molecular weight excluding hydrogens is 402 g/mol. The molecule has 0 aliphatic rings. The van der Waals surface area contributed by atoms with Gasteiger partial charge < -0.3 is 15.2 Å². The highest BCUT2D eigenvalue weighted by Gasteiger charge is 2.14. The molecule has 160 valence electrons. The maximum atomic E-state index is 11.7. The molecule has 0 radical (unpaired) electrons. The summed E-state index contributed by atoms with van der Waals surface area (Å²) in [7, 11) is 0. The fraction of sp³-hybridized carbons (Fsp3) is 0.115. The third-order valence-electron chi connectivity index (χ3n) is 4.90. The Hall–Kier alpha value is -4.19. The lowest BCUT2D eigenvalue weighted by Crippen LogP contribution is -2.01. The summed E-state index contributed by atoms with van der Waals surface area (Å²) in [6.07, 6.45) is 2.31. The van der Waals surface area contributed by atoms with Crippen LogP contribution in [0.3, 0.4) is 0 Å². The summed E-state index contributed by atoms with van der Waals surface area (Å²) < 4.78 is 11.9. The molecule has 0 aliphatic carbocycles. The van der Waals surface area contributed by atoms with E-state index in [1.54, 1.807) is 0 Å². The number of nitrogen functional groups attached to an aromatic ring is 1. The number of carbonyl (C=O) groups excluding carboxylic acids is 1. The van der Waals surface area contributed by atoms with Crippen molar-refractivity contribution in [1.29, 1.82) is 0 Å². The number of anilines is 1. The molecule has 0 atom stereocenters. The van der Waals surface area contributed by atoms with Gasteiger partial charge in [-0.1, -0.05) is 49.4 Å². The maximum absolute atomic E-state index is 11.7. The molecule has 0 unspecified atom stereocenters. The van der Waals surface area contributed by atoms with Crippen LogP contribution in [0.5, 0.6) is 23.1 Å². The van der Waals surface area contributed by atoms with E-state index < -0.39 is 0 Å². The van der Waals surface area contributed by atoms with Crippen LogP contribution in [0.1, 0.15) is 18.9 Å². The minimum atomic E-state index is 0.198. The Morgan fingerprint density at radius 1 is 0.812 bits per heavy atom. The first kappa shape index (κ1) is 21.1. The van der Waals surface area contributed by atoms with Gasteiger partial charge in [0.2, 0.25) is 5.88 Å². The molecule has 0 aliphatic heterocycles. The highest BCUT2D eigenvalue weighted by molar-refractivity contribution is 5.80. The van der Waals surface area contributed by atoms with Crippen LogP contribution in [0.15, 0.2) is 85.2 Å². The minimum Gasteiger partial charge on any atom is -0.457 e. The molecule has 1 aromatic heterocycles. The van der Waals surface area contributed by atoms with Crippen molar-refractivity contribution in [3.05, 3.63) is 90.8 Å². The topological polar surface area (TPSA) is 87.3 Å². The second kappa shape index (κ2) is 9.75. The molecule has 2 N–H and O–H groups in total. The van der Waals surface area contributed by atoms with Crippen LogP contribution >= 0.6 is 0 Å². The first-order valence-corrected chi connectivity index (χ1v) is 10.3. The van der Waals surface area contributed by atoms with E-state index in [1.807, 2.05) is 85.8 Å². The number of ether oxygens (including phenoxy) is 2. The summed E-state index contributed by atoms with van der Waals surface area (Å²) in [6, 6.07) is 24.5. The van der Waals surface area contributed by atoms with Crippen molar-refractivity contribution in [3.63, 3.8) is 0 Å². The molecule has 6 heteroatoms. The van der Waals surface area contributed by atoms with Gasteiger partial charge in [0.15, 0.2) is 0 Å². The Labute approximate surface area is 186 Å². The van der Waals surface area contributed by atoms with Crippen LogP contribution in [0, 0.1) is 0 Å². The molecule has 0 fully saturated rings. The predicted octanol–water partition coefficient (Wildman–Crippen LogP) is 5.83. The third-order valence-corrected chi connectivity index (χ3v) is 4.90. The summed E-state index contributed by atoms with van der Waals surface area (Å²) in [5, 5.41) is 0. The number of rotatable bonds is 8. The van der Waals surface area contributed by atoms with Gasteiger partial charge in [0, 0.05) is 12.8 Å². The van der Waals surface area contributed by atoms with Gasteiger partial charge in [0.1, 0.15) is 35.2 Å². The molecule has 0 amide bonds. The molecule has 6 nitrogen and oxygen atoms in total. The van der Waals surface area contributed by atoms with Crippen molar-refractivity contribution in [3.8, 4) is 34.3 Å². The predicted molar refractivity (Wildman–Crippen MR) is 124 cm³/mol. The van der Waals surface area contributed by atoms with E-state index in [-0.39, 0.29) is 5.78 Å². The standard InChI is InChI=1S/C26H23N3O3/c1-2-20(30)16-18-8-12-23(13-9-18)32-26-24(25(27)28-17-29-26)19-10-14-22(15-11-19)31-21-6-4-3-5-7-21/h3-15,17H,2,16H2,1H3,(H2,27,28,29). The average molecular weight is 425 g/mol. The molecule has 4 rings (SSSR count). The van der Waals surface area contributed by atoms with Crippen LogP contribution in [-0.4, -0.2) is 15.8 Å². The lowest BCUT2D eigenvalue weighted by molar-refractivity contribution is -0.118. The van der Waals surface area contributed by atoms with Crippen LogP contribution in [-0.2, 0) is 11.2 Å². The lowest BCUT2D eigenvalue weighted by Gasteiger charge is -2.13. The van der Waals surface area contributed by atoms with Crippen LogP contribution in [0.2, 0.25) is 0 Å². The Morgan fingerprint density at radius 2 is 1.44 bits per heavy atom. The van der Waals surface area contributed by atoms with E-state index in [0.717, 1.165) is 16.9 Å². The van der Waals surface area contributed by atoms with Gasteiger partial charge in [-0.05, 0) is 47.5 Å². The number of Topliss-reactive ketones (excluding diaryl/α,β-unsaturated/α-hetero) is 1. The number of nitrogens with two attached hydrogens (primary N) is 1. The molecule has 3 aromatic carbocycles. The number of para-hydroxylation sites is 1. The first-order valence-electron chi connectivity index (χ1n) is 10.3. The minimum absolute atomic E-state index is 0.198. The second-order valence-corrected chi connectivity index (χ2v) is 7.19. The molecule has 4 aromatic rings. The zero-order chi connectivity index (χ0) is 22.3. The molecule has 0 saturated carbocycles. The number of ketones is 1. The van der Waals surface area contributed by atoms with E-state index in [4.69, 9.17) is 15.2 Å². The Kier molecular flexibility index (Phi) is 6.41. The second-order valence-electron chi connectivity index (χ2n) is 7.19. The fourth-order valence-electron chi connectivity index (χ4n) is 3.18. The van der Waals surface area contributed by atoms with Crippen LogP contribution in [0.25, 0.3) is 11.1 Å². The highest BCUT2D eigenvalue weighted by atomic mass is 16.5. The largest absolute Gasteiger partial charge is 0.457 e.